The summed E-state index contributed by atoms with van der Waals surface area (Å²) in [5, 5.41) is 2.10. The molecule has 0 saturated heterocycles. The molecular formula is C55H35N5O. The molecule has 61 heavy (non-hydrogen) atoms. The van der Waals surface area contributed by atoms with E-state index in [-0.39, 0.29) is 0 Å². The second-order valence-electron chi connectivity index (χ2n) is 14.9. The summed E-state index contributed by atoms with van der Waals surface area (Å²) < 4.78 is 6.50. The first-order valence-corrected chi connectivity index (χ1v) is 20.2. The lowest BCUT2D eigenvalue weighted by Crippen LogP contribution is -2.00. The summed E-state index contributed by atoms with van der Waals surface area (Å²) in [5.41, 5.74) is 13.2. The van der Waals surface area contributed by atoms with E-state index in [0.717, 1.165) is 89.0 Å². The van der Waals surface area contributed by atoms with E-state index in [1.165, 1.54) is 0 Å². The van der Waals surface area contributed by atoms with Crippen molar-refractivity contribution in [3.05, 3.63) is 212 Å². The van der Waals surface area contributed by atoms with Gasteiger partial charge in [0.15, 0.2) is 23.3 Å². The van der Waals surface area contributed by atoms with Crippen LogP contribution in [-0.2, 0) is 0 Å². The zero-order valence-electron chi connectivity index (χ0n) is 32.9. The number of furan rings is 1. The summed E-state index contributed by atoms with van der Waals surface area (Å²) in [6.07, 6.45) is 0. The normalized spacial score (nSPS) is 11.3. The van der Waals surface area contributed by atoms with E-state index in [1.807, 2.05) is 109 Å². The Labute approximate surface area is 352 Å². The lowest BCUT2D eigenvalue weighted by Gasteiger charge is -2.14. The fourth-order valence-corrected chi connectivity index (χ4v) is 7.93. The first kappa shape index (κ1) is 35.8. The topological polar surface area (TPSA) is 77.6 Å². The minimum absolute atomic E-state index is 0.595. The lowest BCUT2D eigenvalue weighted by atomic mass is 9.91. The summed E-state index contributed by atoms with van der Waals surface area (Å²) in [6.45, 7) is 0. The summed E-state index contributed by atoms with van der Waals surface area (Å²) in [5.74, 6) is 2.48. The molecule has 0 aliphatic rings. The van der Waals surface area contributed by atoms with Crippen molar-refractivity contribution >= 4 is 21.9 Å². The van der Waals surface area contributed by atoms with Crippen LogP contribution in [0.15, 0.2) is 217 Å². The van der Waals surface area contributed by atoms with Gasteiger partial charge in [0, 0.05) is 44.2 Å². The van der Waals surface area contributed by atoms with E-state index in [9.17, 15) is 0 Å². The molecule has 3 aromatic heterocycles. The van der Waals surface area contributed by atoms with Crippen molar-refractivity contribution in [3.8, 4) is 90.3 Å². The molecule has 0 aliphatic heterocycles. The Balaban J connectivity index is 1.08. The Morgan fingerprint density at radius 1 is 0.246 bits per heavy atom. The molecule has 6 heteroatoms. The number of hydrogen-bond donors (Lipinski definition) is 0. The molecule has 0 radical (unpaired) electrons. The van der Waals surface area contributed by atoms with Gasteiger partial charge in [0.25, 0.3) is 0 Å². The third kappa shape index (κ3) is 7.02. The standard InChI is InChI=1S/C55H35N5O/c1-5-17-36(18-6-1)48-35-49(37-19-7-2-8-20-37)57-54(56-48)42-27-16-26-41(32-42)46-34-51-47(44-29-13-14-30-50(44)61-51)33-45(46)40-25-15-28-43(31-40)55-59-52(38-21-9-3-10-22-38)58-53(60-55)39-23-11-4-12-24-39/h1-35H. The first-order valence-electron chi connectivity index (χ1n) is 20.2. The van der Waals surface area contributed by atoms with Gasteiger partial charge in [-0.15, -0.1) is 0 Å². The highest BCUT2D eigenvalue weighted by molar-refractivity contribution is 6.09. The van der Waals surface area contributed by atoms with Gasteiger partial charge in [-0.1, -0.05) is 176 Å². The molecule has 6 nitrogen and oxygen atoms in total. The maximum Gasteiger partial charge on any atom is 0.164 e. The van der Waals surface area contributed by atoms with Crippen LogP contribution < -0.4 is 0 Å². The predicted molar refractivity (Wildman–Crippen MR) is 246 cm³/mol. The zero-order valence-corrected chi connectivity index (χ0v) is 32.9. The zero-order chi connectivity index (χ0) is 40.5. The molecule has 0 atom stereocenters. The van der Waals surface area contributed by atoms with Gasteiger partial charge in [0.2, 0.25) is 0 Å². The quantitative estimate of drug-likeness (QED) is 0.153. The molecule has 0 fully saturated rings. The third-order valence-corrected chi connectivity index (χ3v) is 10.9. The number of para-hydroxylation sites is 1. The van der Waals surface area contributed by atoms with Gasteiger partial charge < -0.3 is 4.42 Å². The Kier molecular flexibility index (Phi) is 9.06. The van der Waals surface area contributed by atoms with Crippen LogP contribution >= 0.6 is 0 Å². The molecule has 286 valence electrons. The number of hydrogen-bond acceptors (Lipinski definition) is 6. The van der Waals surface area contributed by atoms with Crippen molar-refractivity contribution in [1.29, 1.82) is 0 Å². The Morgan fingerprint density at radius 2 is 0.639 bits per heavy atom. The fourth-order valence-electron chi connectivity index (χ4n) is 7.93. The van der Waals surface area contributed by atoms with Gasteiger partial charge in [-0.3, -0.25) is 0 Å². The highest BCUT2D eigenvalue weighted by Gasteiger charge is 2.19. The molecule has 0 amide bonds. The maximum absolute atomic E-state index is 6.50. The summed E-state index contributed by atoms with van der Waals surface area (Å²) in [4.78, 5) is 25.3. The van der Waals surface area contributed by atoms with E-state index in [0.29, 0.717) is 23.3 Å². The molecule has 11 rings (SSSR count). The molecule has 0 spiro atoms. The average Bonchev–Trinajstić information content (AvgIpc) is 3.72. The third-order valence-electron chi connectivity index (χ3n) is 10.9. The van der Waals surface area contributed by atoms with Gasteiger partial charge in [0.1, 0.15) is 11.2 Å². The number of rotatable bonds is 8. The van der Waals surface area contributed by atoms with Crippen molar-refractivity contribution in [1.82, 2.24) is 24.9 Å². The van der Waals surface area contributed by atoms with Crippen LogP contribution in [-0.4, -0.2) is 24.9 Å². The molecular weight excluding hydrogens is 747 g/mol. The SMILES string of the molecule is c1ccc(-c2cc(-c3ccccc3)nc(-c3cccc(-c4cc5oc6ccccc6c5cc4-c4cccc(-c5nc(-c6ccccc6)nc(-c6ccccc6)n5)c4)c3)n2)cc1. The van der Waals surface area contributed by atoms with Crippen LogP contribution in [0.5, 0.6) is 0 Å². The van der Waals surface area contributed by atoms with Crippen LogP contribution in [0.2, 0.25) is 0 Å². The Morgan fingerprint density at radius 3 is 1.16 bits per heavy atom. The lowest BCUT2D eigenvalue weighted by molar-refractivity contribution is 0.669. The van der Waals surface area contributed by atoms with Crippen LogP contribution in [0, 0.1) is 0 Å². The van der Waals surface area contributed by atoms with Crippen molar-refractivity contribution in [2.45, 2.75) is 0 Å². The van der Waals surface area contributed by atoms with E-state index >= 15 is 0 Å². The second kappa shape index (κ2) is 15.4. The average molecular weight is 782 g/mol. The highest BCUT2D eigenvalue weighted by Crippen LogP contribution is 2.41. The van der Waals surface area contributed by atoms with Gasteiger partial charge in [0.05, 0.1) is 11.4 Å². The number of aromatic nitrogens is 5. The van der Waals surface area contributed by atoms with Crippen molar-refractivity contribution in [3.63, 3.8) is 0 Å². The predicted octanol–water partition coefficient (Wildman–Crippen LogP) is 13.9. The smallest absolute Gasteiger partial charge is 0.164 e. The van der Waals surface area contributed by atoms with Crippen molar-refractivity contribution < 1.29 is 4.42 Å². The Hall–Kier alpha value is -8.35. The van der Waals surface area contributed by atoms with Gasteiger partial charge in [-0.25, -0.2) is 24.9 Å². The minimum Gasteiger partial charge on any atom is -0.456 e. The summed E-state index contributed by atoms with van der Waals surface area (Å²) in [7, 11) is 0. The van der Waals surface area contributed by atoms with Crippen LogP contribution in [0.25, 0.3) is 112 Å². The molecule has 0 saturated carbocycles. The Bertz CT molecular complexity index is 3230. The molecule has 8 aromatic carbocycles. The maximum atomic E-state index is 6.50. The van der Waals surface area contributed by atoms with Crippen molar-refractivity contribution in [2.75, 3.05) is 0 Å². The van der Waals surface area contributed by atoms with Crippen molar-refractivity contribution in [2.24, 2.45) is 0 Å². The number of nitrogens with zero attached hydrogens (tertiary/aromatic N) is 5. The number of fused-ring (bicyclic) bond motifs is 3. The molecule has 0 aliphatic carbocycles. The van der Waals surface area contributed by atoms with Gasteiger partial charge in [-0.2, -0.15) is 0 Å². The molecule has 0 N–H and O–H groups in total. The minimum atomic E-state index is 0.595. The second-order valence-corrected chi connectivity index (χ2v) is 14.9. The van der Waals surface area contributed by atoms with Crippen LogP contribution in [0.3, 0.4) is 0 Å². The van der Waals surface area contributed by atoms with Gasteiger partial charge in [-0.05, 0) is 58.7 Å². The monoisotopic (exact) mass is 781 g/mol. The first-order chi connectivity index (χ1) is 30.2. The number of benzene rings is 8. The van der Waals surface area contributed by atoms with E-state index in [1.54, 1.807) is 0 Å². The van der Waals surface area contributed by atoms with E-state index < -0.39 is 0 Å². The van der Waals surface area contributed by atoms with E-state index in [2.05, 4.69) is 103 Å². The summed E-state index contributed by atoms with van der Waals surface area (Å²) in [6, 6.07) is 72.3. The van der Waals surface area contributed by atoms with Crippen LogP contribution in [0.4, 0.5) is 0 Å². The van der Waals surface area contributed by atoms with Gasteiger partial charge >= 0.3 is 0 Å². The fraction of sp³-hybridized carbons (Fsp3) is 0. The largest absolute Gasteiger partial charge is 0.456 e. The molecule has 3 heterocycles. The van der Waals surface area contributed by atoms with E-state index in [4.69, 9.17) is 29.3 Å². The molecule has 0 unspecified atom stereocenters. The highest BCUT2D eigenvalue weighted by atomic mass is 16.3. The van der Waals surface area contributed by atoms with Crippen LogP contribution in [0.1, 0.15) is 0 Å². The molecule has 11 aromatic rings. The molecule has 0 bridgehead atoms. The summed E-state index contributed by atoms with van der Waals surface area (Å²) >= 11 is 0.